The Labute approximate surface area is 106 Å². The molecule has 0 amide bonds. The first kappa shape index (κ1) is 12.4. The Morgan fingerprint density at radius 2 is 1.89 bits per heavy atom. The molecule has 1 heterocycles. The van der Waals surface area contributed by atoms with E-state index in [4.69, 9.17) is 0 Å². The molecule has 1 aromatic heterocycles. The second kappa shape index (κ2) is 5.51. The lowest BCUT2D eigenvalue weighted by Gasteiger charge is -2.14. The number of rotatable bonds is 4. The Balaban J connectivity index is 1.99. The first-order valence-corrected chi connectivity index (χ1v) is 5.81. The molecule has 0 radical (unpaired) electrons. The van der Waals surface area contributed by atoms with Crippen LogP contribution in [0.25, 0.3) is 0 Å². The van der Waals surface area contributed by atoms with Crippen molar-refractivity contribution in [2.24, 2.45) is 0 Å². The quantitative estimate of drug-likeness (QED) is 0.772. The zero-order valence-corrected chi connectivity index (χ0v) is 10.2. The molecule has 0 unspecified atom stereocenters. The molecule has 94 valence electrons. The highest BCUT2D eigenvalue weighted by Gasteiger charge is 2.06. The summed E-state index contributed by atoms with van der Waals surface area (Å²) in [4.78, 5) is 3.97. The van der Waals surface area contributed by atoms with Crippen molar-refractivity contribution in [1.29, 1.82) is 0 Å². The third-order valence-corrected chi connectivity index (χ3v) is 2.87. The average Bonchev–Trinajstić information content (AvgIpc) is 2.38. The monoisotopic (exact) mass is 244 g/mol. The Morgan fingerprint density at radius 1 is 1.17 bits per heavy atom. The maximum Gasteiger partial charge on any atom is 0.123 e. The van der Waals surface area contributed by atoms with Gasteiger partial charge in [0.15, 0.2) is 0 Å². The van der Waals surface area contributed by atoms with Crippen molar-refractivity contribution in [3.63, 3.8) is 0 Å². The zero-order valence-electron chi connectivity index (χ0n) is 10.2. The number of nitrogens with one attached hydrogen (secondary N) is 1. The van der Waals surface area contributed by atoms with Crippen molar-refractivity contribution in [1.82, 2.24) is 10.3 Å². The van der Waals surface area contributed by atoms with Crippen LogP contribution in [0, 0.1) is 0 Å². The molecule has 2 aromatic rings. The summed E-state index contributed by atoms with van der Waals surface area (Å²) in [6.45, 7) is 2.59. The smallest absolute Gasteiger partial charge is 0.123 e. The van der Waals surface area contributed by atoms with Crippen molar-refractivity contribution < 1.29 is 10.2 Å². The topological polar surface area (TPSA) is 65.4 Å². The molecule has 0 spiro atoms. The van der Waals surface area contributed by atoms with Crippen molar-refractivity contribution in [3.8, 4) is 11.5 Å². The van der Waals surface area contributed by atoms with E-state index in [1.54, 1.807) is 24.5 Å². The van der Waals surface area contributed by atoms with Gasteiger partial charge in [-0.1, -0.05) is 6.07 Å². The molecule has 2 rings (SSSR count). The van der Waals surface area contributed by atoms with Gasteiger partial charge < -0.3 is 15.5 Å². The maximum absolute atomic E-state index is 9.66. The fourth-order valence-corrected chi connectivity index (χ4v) is 1.73. The summed E-state index contributed by atoms with van der Waals surface area (Å²) in [5.41, 5.74) is 1.90. The van der Waals surface area contributed by atoms with E-state index in [-0.39, 0.29) is 17.5 Å². The van der Waals surface area contributed by atoms with Crippen molar-refractivity contribution in [2.75, 3.05) is 0 Å². The van der Waals surface area contributed by atoms with Crippen LogP contribution in [0.2, 0.25) is 0 Å². The Hall–Kier alpha value is -2.07. The van der Waals surface area contributed by atoms with Gasteiger partial charge in [0.05, 0.1) is 0 Å². The van der Waals surface area contributed by atoms with Gasteiger partial charge in [0.2, 0.25) is 0 Å². The summed E-state index contributed by atoms with van der Waals surface area (Å²) in [5.74, 6) is 0.169. The van der Waals surface area contributed by atoms with Crippen LogP contribution >= 0.6 is 0 Å². The highest BCUT2D eigenvalue weighted by Crippen LogP contribution is 2.23. The molecular weight excluding hydrogens is 228 g/mol. The van der Waals surface area contributed by atoms with Gasteiger partial charge >= 0.3 is 0 Å². The Kier molecular flexibility index (Phi) is 3.79. The third kappa shape index (κ3) is 2.99. The van der Waals surface area contributed by atoms with E-state index >= 15 is 0 Å². The van der Waals surface area contributed by atoms with Crippen LogP contribution in [0.1, 0.15) is 24.1 Å². The first-order chi connectivity index (χ1) is 8.66. The van der Waals surface area contributed by atoms with Gasteiger partial charge in [0.25, 0.3) is 0 Å². The molecular formula is C14H16N2O2. The molecule has 4 heteroatoms. The molecule has 1 atom stereocenters. The van der Waals surface area contributed by atoms with E-state index in [0.717, 1.165) is 11.1 Å². The molecule has 0 aliphatic heterocycles. The summed E-state index contributed by atoms with van der Waals surface area (Å²) in [7, 11) is 0. The normalized spacial score (nSPS) is 12.3. The van der Waals surface area contributed by atoms with Crippen LogP contribution in [0.5, 0.6) is 11.5 Å². The van der Waals surface area contributed by atoms with E-state index in [1.165, 1.54) is 6.07 Å². The lowest BCUT2D eigenvalue weighted by Crippen LogP contribution is -2.18. The van der Waals surface area contributed by atoms with Crippen LogP contribution < -0.4 is 5.32 Å². The standard InChI is InChI=1S/C14H16N2O2/c1-10(11-4-6-15-7-5-11)16-9-12-2-3-13(17)8-14(12)18/h2-8,10,16-18H,9H2,1H3/t10-/m0/s1. The van der Waals surface area contributed by atoms with Gasteiger partial charge in [-0.15, -0.1) is 0 Å². The van der Waals surface area contributed by atoms with Crippen LogP contribution in [0.15, 0.2) is 42.7 Å². The second-order valence-corrected chi connectivity index (χ2v) is 4.20. The van der Waals surface area contributed by atoms with E-state index < -0.39 is 0 Å². The number of hydrogen-bond acceptors (Lipinski definition) is 4. The lowest BCUT2D eigenvalue weighted by atomic mass is 10.1. The number of hydrogen-bond donors (Lipinski definition) is 3. The number of nitrogens with zero attached hydrogens (tertiary/aromatic N) is 1. The summed E-state index contributed by atoms with van der Waals surface area (Å²) < 4.78 is 0. The highest BCUT2D eigenvalue weighted by molar-refractivity contribution is 5.38. The number of aromatic nitrogens is 1. The van der Waals surface area contributed by atoms with Gasteiger partial charge in [-0.25, -0.2) is 0 Å². The van der Waals surface area contributed by atoms with E-state index in [1.807, 2.05) is 19.1 Å². The van der Waals surface area contributed by atoms with Crippen molar-refractivity contribution in [2.45, 2.75) is 19.5 Å². The van der Waals surface area contributed by atoms with E-state index in [0.29, 0.717) is 6.54 Å². The van der Waals surface area contributed by atoms with Crippen LogP contribution in [-0.2, 0) is 6.54 Å². The number of benzene rings is 1. The minimum absolute atomic E-state index is 0.0680. The van der Waals surface area contributed by atoms with Gasteiger partial charge in [-0.2, -0.15) is 0 Å². The summed E-state index contributed by atoms with van der Waals surface area (Å²) in [6, 6.07) is 8.68. The number of phenols is 2. The van der Waals surface area contributed by atoms with Gasteiger partial charge in [-0.3, -0.25) is 4.98 Å². The molecule has 0 fully saturated rings. The van der Waals surface area contributed by atoms with Gasteiger partial charge in [0.1, 0.15) is 11.5 Å². The largest absolute Gasteiger partial charge is 0.508 e. The average molecular weight is 244 g/mol. The SMILES string of the molecule is C[C@H](NCc1ccc(O)cc1O)c1ccncc1. The molecule has 0 aliphatic rings. The molecule has 0 saturated carbocycles. The number of pyridine rings is 1. The molecule has 3 N–H and O–H groups in total. The molecule has 0 bridgehead atoms. The number of phenolic OH excluding ortho intramolecular Hbond substituents is 2. The highest BCUT2D eigenvalue weighted by atomic mass is 16.3. The van der Waals surface area contributed by atoms with Crippen LogP contribution in [0.3, 0.4) is 0 Å². The molecule has 18 heavy (non-hydrogen) atoms. The fourth-order valence-electron chi connectivity index (χ4n) is 1.73. The summed E-state index contributed by atoms with van der Waals surface area (Å²) in [5, 5.41) is 22.2. The van der Waals surface area contributed by atoms with Crippen LogP contribution in [0.4, 0.5) is 0 Å². The molecule has 1 aromatic carbocycles. The number of aromatic hydroxyl groups is 2. The van der Waals surface area contributed by atoms with E-state index in [9.17, 15) is 10.2 Å². The Bertz CT molecular complexity index is 514. The maximum atomic E-state index is 9.66. The summed E-state index contributed by atoms with van der Waals surface area (Å²) >= 11 is 0. The molecule has 0 aliphatic carbocycles. The van der Waals surface area contributed by atoms with Crippen molar-refractivity contribution in [3.05, 3.63) is 53.9 Å². The predicted octanol–water partition coefficient (Wildman–Crippen LogP) is 2.34. The van der Waals surface area contributed by atoms with Gasteiger partial charge in [-0.05, 0) is 30.7 Å². The zero-order chi connectivity index (χ0) is 13.0. The fraction of sp³-hybridized carbons (Fsp3) is 0.214. The van der Waals surface area contributed by atoms with Crippen molar-refractivity contribution >= 4 is 0 Å². The minimum Gasteiger partial charge on any atom is -0.508 e. The predicted molar refractivity (Wildman–Crippen MR) is 69.3 cm³/mol. The summed E-state index contributed by atoms with van der Waals surface area (Å²) in [6.07, 6.45) is 3.51. The molecule has 4 nitrogen and oxygen atoms in total. The first-order valence-electron chi connectivity index (χ1n) is 5.81. The van der Waals surface area contributed by atoms with Crippen LogP contribution in [-0.4, -0.2) is 15.2 Å². The Morgan fingerprint density at radius 3 is 2.56 bits per heavy atom. The third-order valence-electron chi connectivity index (χ3n) is 2.87. The lowest BCUT2D eigenvalue weighted by molar-refractivity contribution is 0.441. The van der Waals surface area contributed by atoms with Gasteiger partial charge in [0, 0.05) is 36.6 Å². The minimum atomic E-state index is 0.0680. The van der Waals surface area contributed by atoms with E-state index in [2.05, 4.69) is 10.3 Å². The molecule has 0 saturated heterocycles. The second-order valence-electron chi connectivity index (χ2n) is 4.20.